The summed E-state index contributed by atoms with van der Waals surface area (Å²) in [6, 6.07) is 0. The van der Waals surface area contributed by atoms with Crippen molar-refractivity contribution in [3.63, 3.8) is 0 Å². The van der Waals surface area contributed by atoms with Crippen LogP contribution in [0.4, 0.5) is 0 Å². The van der Waals surface area contributed by atoms with Crippen LogP contribution in [-0.4, -0.2) is 35.6 Å². The van der Waals surface area contributed by atoms with E-state index in [0.29, 0.717) is 0 Å². The van der Waals surface area contributed by atoms with Crippen molar-refractivity contribution in [2.45, 2.75) is 6.10 Å². The van der Waals surface area contributed by atoms with Gasteiger partial charge in [-0.05, 0) is 0 Å². The predicted molar refractivity (Wildman–Crippen MR) is 44.4 cm³/mol. The van der Waals surface area contributed by atoms with Gasteiger partial charge in [-0.25, -0.2) is 0 Å². The normalized spacial score (nSPS) is 17.3. The molecule has 10 heavy (non-hydrogen) atoms. The number of nitrogens with zero attached hydrogens (tertiary/aromatic N) is 2. The maximum Gasteiger partial charge on any atom is 0.159 e. The number of aliphatic hydroxyl groups is 1. The molecule has 5 heteroatoms. The van der Waals surface area contributed by atoms with E-state index in [2.05, 4.69) is 9.98 Å². The van der Waals surface area contributed by atoms with Crippen molar-refractivity contribution in [2.24, 2.45) is 9.98 Å². The van der Waals surface area contributed by atoms with Crippen LogP contribution in [-0.2, 0) is 0 Å². The Morgan fingerprint density at radius 1 is 1.20 bits per heavy atom. The molecule has 0 aromatic rings. The van der Waals surface area contributed by atoms with Gasteiger partial charge in [0, 0.05) is 14.1 Å². The lowest BCUT2D eigenvalue weighted by molar-refractivity contribution is 0.311. The number of rotatable bonds is 2. The van der Waals surface area contributed by atoms with Crippen LogP contribution in [0.2, 0.25) is 0 Å². The highest BCUT2D eigenvalue weighted by atomic mass is 35.5. The van der Waals surface area contributed by atoms with Gasteiger partial charge in [0.2, 0.25) is 0 Å². The molecule has 0 radical (unpaired) electrons. The maximum atomic E-state index is 9.06. The summed E-state index contributed by atoms with van der Waals surface area (Å²) in [5, 5.41) is 9.14. The summed E-state index contributed by atoms with van der Waals surface area (Å²) in [6.07, 6.45) is -1.07. The number of hydrogen-bond acceptors (Lipinski definition) is 3. The maximum absolute atomic E-state index is 9.06. The first kappa shape index (κ1) is 9.88. The van der Waals surface area contributed by atoms with Gasteiger partial charge in [0.05, 0.1) is 0 Å². The largest absolute Gasteiger partial charge is 0.378 e. The smallest absolute Gasteiger partial charge is 0.159 e. The van der Waals surface area contributed by atoms with Gasteiger partial charge in [0.25, 0.3) is 0 Å². The molecule has 0 saturated carbocycles. The summed E-state index contributed by atoms with van der Waals surface area (Å²) >= 11 is 10.8. The van der Waals surface area contributed by atoms with E-state index in [1.807, 2.05) is 0 Å². The molecule has 0 heterocycles. The fourth-order valence-electron chi connectivity index (χ4n) is 0.343. The molecule has 0 rings (SSSR count). The third-order valence-electron chi connectivity index (χ3n) is 0.878. The SMILES string of the molecule is CN=C(Cl)C(O)C(Cl)=NC. The van der Waals surface area contributed by atoms with Crippen LogP contribution in [0.25, 0.3) is 0 Å². The van der Waals surface area contributed by atoms with Crippen molar-refractivity contribution in [2.75, 3.05) is 14.1 Å². The van der Waals surface area contributed by atoms with E-state index in [4.69, 9.17) is 28.3 Å². The van der Waals surface area contributed by atoms with Gasteiger partial charge in [-0.15, -0.1) is 0 Å². The standard InChI is InChI=1S/C5H8Cl2N2O/c1-8-4(6)3(10)5(7)9-2/h3,10H,1-2H3. The Balaban J connectivity index is 4.22. The first-order valence-corrected chi connectivity index (χ1v) is 3.31. The number of halogens is 2. The van der Waals surface area contributed by atoms with Crippen LogP contribution in [0, 0.1) is 0 Å². The molecule has 0 aromatic carbocycles. The van der Waals surface area contributed by atoms with Crippen LogP contribution in [0.5, 0.6) is 0 Å². The van der Waals surface area contributed by atoms with Gasteiger partial charge in [0.15, 0.2) is 6.10 Å². The minimum absolute atomic E-state index is 0.0376. The van der Waals surface area contributed by atoms with Crippen LogP contribution in [0.3, 0.4) is 0 Å². The van der Waals surface area contributed by atoms with Crippen molar-refractivity contribution in [1.29, 1.82) is 0 Å². The highest BCUT2D eigenvalue weighted by molar-refractivity contribution is 6.76. The molecule has 1 N–H and O–H groups in total. The highest BCUT2D eigenvalue weighted by Gasteiger charge is 2.13. The Morgan fingerprint density at radius 2 is 1.50 bits per heavy atom. The fourth-order valence-corrected chi connectivity index (χ4v) is 0.605. The van der Waals surface area contributed by atoms with Crippen molar-refractivity contribution in [3.05, 3.63) is 0 Å². The van der Waals surface area contributed by atoms with Gasteiger partial charge < -0.3 is 5.11 Å². The Morgan fingerprint density at radius 3 is 1.70 bits per heavy atom. The topological polar surface area (TPSA) is 45.0 Å². The molecule has 0 spiro atoms. The first-order valence-electron chi connectivity index (χ1n) is 2.56. The van der Waals surface area contributed by atoms with E-state index in [1.54, 1.807) is 0 Å². The summed E-state index contributed by atoms with van der Waals surface area (Å²) in [4.78, 5) is 7.05. The summed E-state index contributed by atoms with van der Waals surface area (Å²) in [6.45, 7) is 0. The summed E-state index contributed by atoms with van der Waals surface area (Å²) in [7, 11) is 2.93. The lowest BCUT2D eigenvalue weighted by atomic mass is 10.4. The molecule has 0 bridgehead atoms. The zero-order chi connectivity index (χ0) is 8.15. The molecule has 0 amide bonds. The quantitative estimate of drug-likeness (QED) is 0.634. The number of aliphatic imine (C=N–C) groups is 2. The van der Waals surface area contributed by atoms with Crippen molar-refractivity contribution >= 4 is 33.5 Å². The molecule has 0 atom stereocenters. The number of aliphatic hydroxyl groups excluding tert-OH is 1. The van der Waals surface area contributed by atoms with Crippen LogP contribution in [0.15, 0.2) is 9.98 Å². The van der Waals surface area contributed by atoms with Gasteiger partial charge >= 0.3 is 0 Å². The van der Waals surface area contributed by atoms with Crippen molar-refractivity contribution in [3.8, 4) is 0 Å². The Labute approximate surface area is 69.4 Å². The average molecular weight is 183 g/mol. The van der Waals surface area contributed by atoms with Crippen LogP contribution >= 0.6 is 23.2 Å². The second kappa shape index (κ2) is 4.66. The minimum atomic E-state index is -1.07. The van der Waals surface area contributed by atoms with E-state index >= 15 is 0 Å². The van der Waals surface area contributed by atoms with E-state index in [-0.39, 0.29) is 10.3 Å². The molecule has 0 aliphatic rings. The molecule has 0 aliphatic heterocycles. The second-order valence-corrected chi connectivity index (χ2v) is 2.27. The Hall–Kier alpha value is -0.120. The summed E-state index contributed by atoms with van der Waals surface area (Å²) in [5.41, 5.74) is 0. The summed E-state index contributed by atoms with van der Waals surface area (Å²) in [5.74, 6) is 0. The van der Waals surface area contributed by atoms with E-state index in [9.17, 15) is 0 Å². The number of hydrogen-bond donors (Lipinski definition) is 1. The van der Waals surface area contributed by atoms with Crippen LogP contribution in [0.1, 0.15) is 0 Å². The third-order valence-corrected chi connectivity index (χ3v) is 1.63. The average Bonchev–Trinajstić information content (AvgIpc) is 2.00. The van der Waals surface area contributed by atoms with E-state index < -0.39 is 6.10 Å². The molecule has 0 aromatic heterocycles. The fraction of sp³-hybridized carbons (Fsp3) is 0.600. The van der Waals surface area contributed by atoms with E-state index in [1.165, 1.54) is 14.1 Å². The second-order valence-electron chi connectivity index (χ2n) is 1.50. The summed E-state index contributed by atoms with van der Waals surface area (Å²) < 4.78 is 0. The molecular weight excluding hydrogens is 175 g/mol. The molecular formula is C5H8Cl2N2O. The zero-order valence-corrected chi connectivity index (χ0v) is 7.19. The lowest BCUT2D eigenvalue weighted by Crippen LogP contribution is -2.22. The van der Waals surface area contributed by atoms with Gasteiger partial charge in [-0.3, -0.25) is 9.98 Å². The zero-order valence-electron chi connectivity index (χ0n) is 5.67. The molecule has 0 saturated heterocycles. The lowest BCUT2D eigenvalue weighted by Gasteiger charge is -2.03. The van der Waals surface area contributed by atoms with Gasteiger partial charge in [0.1, 0.15) is 10.3 Å². The van der Waals surface area contributed by atoms with Crippen LogP contribution < -0.4 is 0 Å². The predicted octanol–water partition coefficient (Wildman–Crippen LogP) is 0.881. The van der Waals surface area contributed by atoms with Crippen molar-refractivity contribution in [1.82, 2.24) is 0 Å². The van der Waals surface area contributed by atoms with Gasteiger partial charge in [-0.1, -0.05) is 23.2 Å². The Kier molecular flexibility index (Phi) is 4.60. The monoisotopic (exact) mass is 182 g/mol. The molecule has 0 aliphatic carbocycles. The first-order chi connectivity index (χ1) is 4.63. The molecule has 0 fully saturated rings. The van der Waals surface area contributed by atoms with E-state index in [0.717, 1.165) is 0 Å². The van der Waals surface area contributed by atoms with Gasteiger partial charge in [-0.2, -0.15) is 0 Å². The van der Waals surface area contributed by atoms with Crippen molar-refractivity contribution < 1.29 is 5.11 Å². The third kappa shape index (κ3) is 2.64. The highest BCUT2D eigenvalue weighted by Crippen LogP contribution is 2.00. The molecule has 58 valence electrons. The minimum Gasteiger partial charge on any atom is -0.378 e. The Bertz CT molecular complexity index is 149. The molecule has 3 nitrogen and oxygen atoms in total. The molecule has 0 unspecified atom stereocenters.